The number of nitrogens with zero attached hydrogens (tertiary/aromatic N) is 2. The largest absolute Gasteiger partial charge is 0.310 e. The molecule has 0 aromatic heterocycles. The molecule has 0 spiro atoms. The zero-order valence-corrected chi connectivity index (χ0v) is 35.1. The van der Waals surface area contributed by atoms with Crippen LogP contribution in [0.2, 0.25) is 0 Å². The molecule has 0 atom stereocenters. The lowest BCUT2D eigenvalue weighted by Gasteiger charge is -2.30. The van der Waals surface area contributed by atoms with Crippen LogP contribution in [0.4, 0.5) is 34.1 Å². The first kappa shape index (κ1) is 37.3. The molecular weight excluding hydrogens is 773 g/mol. The molecular formula is C62H42N2. The second-order valence-corrected chi connectivity index (χ2v) is 16.5. The van der Waals surface area contributed by atoms with Gasteiger partial charge in [0.25, 0.3) is 0 Å². The van der Waals surface area contributed by atoms with Gasteiger partial charge in [-0.1, -0.05) is 170 Å². The van der Waals surface area contributed by atoms with Gasteiger partial charge in [-0.25, -0.2) is 0 Å². The highest BCUT2D eigenvalue weighted by molar-refractivity contribution is 6.25. The van der Waals surface area contributed by atoms with Crippen LogP contribution in [0.3, 0.4) is 0 Å². The molecule has 0 saturated carbocycles. The average Bonchev–Trinajstić information content (AvgIpc) is 3.37. The molecule has 0 amide bonds. The second-order valence-electron chi connectivity index (χ2n) is 16.5. The van der Waals surface area contributed by atoms with E-state index in [1.165, 1.54) is 76.1 Å². The number of para-hydroxylation sites is 4. The van der Waals surface area contributed by atoms with Crippen LogP contribution < -0.4 is 9.80 Å². The van der Waals surface area contributed by atoms with Crippen LogP contribution in [0.5, 0.6) is 0 Å². The van der Waals surface area contributed by atoms with E-state index < -0.39 is 0 Å². The number of benzene rings is 12. The Morgan fingerprint density at radius 3 is 0.828 bits per heavy atom. The number of fused-ring (bicyclic) bond motifs is 7. The molecule has 0 N–H and O–H groups in total. The molecule has 64 heavy (non-hydrogen) atoms. The van der Waals surface area contributed by atoms with Crippen LogP contribution in [-0.2, 0) is 0 Å². The van der Waals surface area contributed by atoms with Gasteiger partial charge < -0.3 is 9.80 Å². The summed E-state index contributed by atoms with van der Waals surface area (Å²) in [4.78, 5) is 4.84. The molecule has 0 saturated heterocycles. The van der Waals surface area contributed by atoms with Crippen LogP contribution in [0.1, 0.15) is 0 Å². The summed E-state index contributed by atoms with van der Waals surface area (Å²) in [6, 6.07) is 93.1. The SMILES string of the molecule is c1ccc(N(c2ccccc2)c2cc3c4cc(-c5ccc6ccccc6c5)ccc4c(N(c4ccccc4)c4ccccc4)cc3c3cc(-c4ccc5ccccc5c4)ccc23)cc1. The van der Waals surface area contributed by atoms with Crippen molar-refractivity contribution < 1.29 is 0 Å². The van der Waals surface area contributed by atoms with Gasteiger partial charge in [0.2, 0.25) is 0 Å². The van der Waals surface area contributed by atoms with Gasteiger partial charge >= 0.3 is 0 Å². The lowest BCUT2D eigenvalue weighted by molar-refractivity contribution is 1.30. The fraction of sp³-hybridized carbons (Fsp3) is 0. The first-order valence-corrected chi connectivity index (χ1v) is 22.0. The minimum atomic E-state index is 1.10. The molecule has 12 rings (SSSR count). The van der Waals surface area contributed by atoms with Crippen LogP contribution in [0.25, 0.3) is 76.1 Å². The van der Waals surface area contributed by atoms with Crippen molar-refractivity contribution in [3.63, 3.8) is 0 Å². The van der Waals surface area contributed by atoms with Crippen molar-refractivity contribution in [2.45, 2.75) is 0 Å². The van der Waals surface area contributed by atoms with Gasteiger partial charge in [-0.3, -0.25) is 0 Å². The van der Waals surface area contributed by atoms with Gasteiger partial charge in [0, 0.05) is 33.5 Å². The normalized spacial score (nSPS) is 11.4. The average molecular weight is 815 g/mol. The summed E-state index contributed by atoms with van der Waals surface area (Å²) in [7, 11) is 0. The summed E-state index contributed by atoms with van der Waals surface area (Å²) >= 11 is 0. The summed E-state index contributed by atoms with van der Waals surface area (Å²) < 4.78 is 0. The third kappa shape index (κ3) is 6.61. The van der Waals surface area contributed by atoms with E-state index in [2.05, 4.69) is 265 Å². The third-order valence-corrected chi connectivity index (χ3v) is 12.7. The third-order valence-electron chi connectivity index (χ3n) is 12.7. The summed E-state index contributed by atoms with van der Waals surface area (Å²) in [5, 5.41) is 12.0. The monoisotopic (exact) mass is 814 g/mol. The second kappa shape index (κ2) is 15.8. The molecule has 12 aromatic rings. The summed E-state index contributed by atoms with van der Waals surface area (Å²) in [5.41, 5.74) is 11.4. The van der Waals surface area contributed by atoms with Gasteiger partial charge in [0.1, 0.15) is 0 Å². The molecule has 0 unspecified atom stereocenters. The zero-order valence-electron chi connectivity index (χ0n) is 35.1. The number of hydrogen-bond acceptors (Lipinski definition) is 2. The van der Waals surface area contributed by atoms with E-state index in [4.69, 9.17) is 0 Å². The Bertz CT molecular complexity index is 3330. The van der Waals surface area contributed by atoms with Crippen molar-refractivity contribution in [1.82, 2.24) is 0 Å². The van der Waals surface area contributed by atoms with Gasteiger partial charge in [-0.2, -0.15) is 0 Å². The lowest BCUT2D eigenvalue weighted by Crippen LogP contribution is -2.11. The fourth-order valence-electron chi connectivity index (χ4n) is 9.64. The Balaban J connectivity index is 1.22. The highest BCUT2D eigenvalue weighted by atomic mass is 15.1. The van der Waals surface area contributed by atoms with Gasteiger partial charge in [-0.15, -0.1) is 0 Å². The van der Waals surface area contributed by atoms with E-state index in [9.17, 15) is 0 Å². The van der Waals surface area contributed by atoms with Crippen molar-refractivity contribution in [2.24, 2.45) is 0 Å². The molecule has 0 aliphatic carbocycles. The van der Waals surface area contributed by atoms with Gasteiger partial charge in [-0.05, 0) is 150 Å². The maximum absolute atomic E-state index is 2.44. The van der Waals surface area contributed by atoms with Crippen molar-refractivity contribution in [2.75, 3.05) is 9.80 Å². The highest BCUT2D eigenvalue weighted by Gasteiger charge is 2.23. The fourth-order valence-corrected chi connectivity index (χ4v) is 9.64. The number of hydrogen-bond donors (Lipinski definition) is 0. The molecule has 300 valence electrons. The van der Waals surface area contributed by atoms with E-state index in [0.717, 1.165) is 34.1 Å². The summed E-state index contributed by atoms with van der Waals surface area (Å²) in [6.07, 6.45) is 0. The van der Waals surface area contributed by atoms with Crippen LogP contribution in [0.15, 0.2) is 255 Å². The standard InChI is InChI=1S/C62H42N2/c1-5-21-51(22-6-1)63(52-23-7-2-8-24-52)61-41-59-58-40-50(48-32-30-44-18-14-16-20-46(44)38-48)34-36-56(58)62(64(53-25-9-3-10-26-53)54-27-11-4-12-28-54)42-60(59)57-39-49(33-35-55(57)61)47-31-29-43-17-13-15-19-45(43)37-47/h1-42H. The molecule has 0 fully saturated rings. The predicted octanol–water partition coefficient (Wildman–Crippen LogP) is 17.7. The Labute approximate surface area is 373 Å². The van der Waals surface area contributed by atoms with Crippen molar-refractivity contribution in [1.29, 1.82) is 0 Å². The van der Waals surface area contributed by atoms with Crippen molar-refractivity contribution in [3.05, 3.63) is 255 Å². The highest BCUT2D eigenvalue weighted by Crippen LogP contribution is 2.49. The summed E-state index contributed by atoms with van der Waals surface area (Å²) in [6.45, 7) is 0. The molecule has 0 aliphatic heterocycles. The molecule has 12 aromatic carbocycles. The summed E-state index contributed by atoms with van der Waals surface area (Å²) in [5.74, 6) is 0. The minimum Gasteiger partial charge on any atom is -0.310 e. The first-order chi connectivity index (χ1) is 31.7. The van der Waals surface area contributed by atoms with E-state index in [1.807, 2.05) is 0 Å². The maximum atomic E-state index is 2.44. The van der Waals surface area contributed by atoms with E-state index in [0.29, 0.717) is 0 Å². The quantitative estimate of drug-likeness (QED) is 0.141. The van der Waals surface area contributed by atoms with E-state index >= 15 is 0 Å². The van der Waals surface area contributed by atoms with Crippen LogP contribution in [0, 0.1) is 0 Å². The van der Waals surface area contributed by atoms with Gasteiger partial charge in [0.05, 0.1) is 11.4 Å². The molecule has 2 nitrogen and oxygen atoms in total. The predicted molar refractivity (Wildman–Crippen MR) is 274 cm³/mol. The zero-order chi connectivity index (χ0) is 42.4. The Morgan fingerprint density at radius 1 is 0.188 bits per heavy atom. The molecule has 0 heterocycles. The van der Waals surface area contributed by atoms with E-state index in [1.54, 1.807) is 0 Å². The Hall–Kier alpha value is -8.46. The lowest BCUT2D eigenvalue weighted by atomic mass is 9.90. The van der Waals surface area contributed by atoms with Crippen molar-refractivity contribution in [3.8, 4) is 22.3 Å². The molecule has 2 heteroatoms. The van der Waals surface area contributed by atoms with Crippen LogP contribution >= 0.6 is 0 Å². The molecule has 0 bridgehead atoms. The molecule has 0 aliphatic rings. The smallest absolute Gasteiger partial charge is 0.0546 e. The van der Waals surface area contributed by atoms with Crippen molar-refractivity contribution >= 4 is 88.0 Å². The minimum absolute atomic E-state index is 1.10. The number of anilines is 6. The van der Waals surface area contributed by atoms with Crippen LogP contribution in [-0.4, -0.2) is 0 Å². The molecule has 0 radical (unpaired) electrons. The van der Waals surface area contributed by atoms with Gasteiger partial charge in [0.15, 0.2) is 0 Å². The number of rotatable bonds is 8. The first-order valence-electron chi connectivity index (χ1n) is 22.0. The maximum Gasteiger partial charge on any atom is 0.0546 e. The van der Waals surface area contributed by atoms with E-state index in [-0.39, 0.29) is 0 Å². The Kier molecular flexibility index (Phi) is 9.20. The topological polar surface area (TPSA) is 6.48 Å². The Morgan fingerprint density at radius 2 is 0.469 bits per heavy atom.